The van der Waals surface area contributed by atoms with E-state index in [1.165, 1.54) is 16.0 Å². The minimum absolute atomic E-state index is 0.0574. The lowest BCUT2D eigenvalue weighted by atomic mass is 9.98. The first-order valence-corrected chi connectivity index (χ1v) is 9.62. The van der Waals surface area contributed by atoms with Crippen LogP contribution in [0.5, 0.6) is 5.75 Å². The molecule has 2 aromatic carbocycles. The molecule has 0 fully saturated rings. The Morgan fingerprint density at radius 3 is 2.68 bits per heavy atom. The van der Waals surface area contributed by atoms with Gasteiger partial charge in [-0.1, -0.05) is 36.4 Å². The number of hydrogen-bond donors (Lipinski definition) is 2. The lowest BCUT2D eigenvalue weighted by Crippen LogP contribution is -3.12. The number of carbonyl (C=O) groups is 1. The Balaban J connectivity index is 1.51. The number of para-hydroxylation sites is 1. The molecule has 1 aliphatic rings. The fourth-order valence-corrected chi connectivity index (χ4v) is 3.96. The van der Waals surface area contributed by atoms with Crippen LogP contribution in [0.1, 0.15) is 33.3 Å². The third-order valence-electron chi connectivity index (χ3n) is 5.45. The standard InChI is InChI=1S/C23H24N2O3/c1-27-21-10-5-4-9-19(21)23(26)24-15-20(22-11-6-14-28-22)25-13-12-17-7-2-3-8-18(17)16-25/h2-11,14,20H,12-13,15-16H2,1H3,(H,24,26)/p+1/t20-/m0/s1. The third kappa shape index (κ3) is 3.80. The number of quaternary nitrogens is 1. The molecule has 0 radical (unpaired) electrons. The summed E-state index contributed by atoms with van der Waals surface area (Å²) in [6.07, 6.45) is 2.73. The zero-order valence-electron chi connectivity index (χ0n) is 16.0. The van der Waals surface area contributed by atoms with E-state index >= 15 is 0 Å². The number of methoxy groups -OCH3 is 1. The number of amides is 1. The normalized spacial score (nSPS) is 16.8. The zero-order valence-corrected chi connectivity index (χ0v) is 16.0. The maximum absolute atomic E-state index is 12.7. The van der Waals surface area contributed by atoms with Crippen LogP contribution in [-0.2, 0) is 13.0 Å². The third-order valence-corrected chi connectivity index (χ3v) is 5.45. The molecule has 0 saturated carbocycles. The van der Waals surface area contributed by atoms with Crippen molar-refractivity contribution in [2.75, 3.05) is 20.2 Å². The van der Waals surface area contributed by atoms with Gasteiger partial charge in [0.15, 0.2) is 11.8 Å². The van der Waals surface area contributed by atoms with E-state index in [1.54, 1.807) is 25.5 Å². The maximum atomic E-state index is 12.7. The highest BCUT2D eigenvalue weighted by atomic mass is 16.5. The van der Waals surface area contributed by atoms with Gasteiger partial charge in [0, 0.05) is 12.0 Å². The molecule has 0 saturated heterocycles. The van der Waals surface area contributed by atoms with Crippen LogP contribution in [0.2, 0.25) is 0 Å². The van der Waals surface area contributed by atoms with Crippen LogP contribution in [0.3, 0.4) is 0 Å². The zero-order chi connectivity index (χ0) is 19.3. The molecule has 0 bridgehead atoms. The topological polar surface area (TPSA) is 55.9 Å². The highest BCUT2D eigenvalue weighted by Crippen LogP contribution is 2.18. The van der Waals surface area contributed by atoms with Crippen LogP contribution in [0, 0.1) is 0 Å². The lowest BCUT2D eigenvalue weighted by molar-refractivity contribution is -0.946. The van der Waals surface area contributed by atoms with E-state index in [0.717, 1.165) is 25.3 Å². The fourth-order valence-electron chi connectivity index (χ4n) is 3.96. The number of benzene rings is 2. The summed E-state index contributed by atoms with van der Waals surface area (Å²) in [4.78, 5) is 14.1. The van der Waals surface area contributed by atoms with Gasteiger partial charge >= 0.3 is 0 Å². The summed E-state index contributed by atoms with van der Waals surface area (Å²) in [6.45, 7) is 2.43. The van der Waals surface area contributed by atoms with Gasteiger partial charge in [-0.25, -0.2) is 0 Å². The quantitative estimate of drug-likeness (QED) is 0.694. The molecule has 2 atom stereocenters. The Hall–Kier alpha value is -3.05. The van der Waals surface area contributed by atoms with Crippen LogP contribution >= 0.6 is 0 Å². The predicted molar refractivity (Wildman–Crippen MR) is 106 cm³/mol. The number of nitrogens with one attached hydrogen (secondary N) is 2. The SMILES string of the molecule is COc1ccccc1C(=O)NC[C@@H](c1ccco1)[NH+]1CCc2ccccc2C1. The van der Waals surface area contributed by atoms with Crippen molar-refractivity contribution in [1.82, 2.24) is 5.32 Å². The van der Waals surface area contributed by atoms with Gasteiger partial charge in [0.1, 0.15) is 12.3 Å². The van der Waals surface area contributed by atoms with Gasteiger partial charge in [0.2, 0.25) is 0 Å². The molecule has 3 aromatic rings. The second-order valence-electron chi connectivity index (χ2n) is 7.08. The molecule has 0 spiro atoms. The van der Waals surface area contributed by atoms with Crippen molar-refractivity contribution in [3.05, 3.63) is 89.4 Å². The number of fused-ring (bicyclic) bond motifs is 1. The van der Waals surface area contributed by atoms with Crippen LogP contribution in [0.25, 0.3) is 0 Å². The second-order valence-corrected chi connectivity index (χ2v) is 7.08. The first-order chi connectivity index (χ1) is 13.8. The van der Waals surface area contributed by atoms with E-state index in [-0.39, 0.29) is 11.9 Å². The molecule has 28 heavy (non-hydrogen) atoms. The van der Waals surface area contributed by atoms with Gasteiger partial charge in [-0.3, -0.25) is 4.79 Å². The summed E-state index contributed by atoms with van der Waals surface area (Å²) >= 11 is 0. The van der Waals surface area contributed by atoms with Crippen LogP contribution in [0.15, 0.2) is 71.3 Å². The molecule has 2 N–H and O–H groups in total. The van der Waals surface area contributed by atoms with Gasteiger partial charge in [0.25, 0.3) is 5.91 Å². The molecular weight excluding hydrogens is 352 g/mol. The van der Waals surface area contributed by atoms with E-state index < -0.39 is 0 Å². The summed E-state index contributed by atoms with van der Waals surface area (Å²) in [5.41, 5.74) is 3.33. The Morgan fingerprint density at radius 1 is 1.11 bits per heavy atom. The molecule has 2 heterocycles. The van der Waals surface area contributed by atoms with Crippen molar-refractivity contribution in [3.8, 4) is 5.75 Å². The van der Waals surface area contributed by atoms with Crippen molar-refractivity contribution in [3.63, 3.8) is 0 Å². The van der Waals surface area contributed by atoms with E-state index in [9.17, 15) is 4.79 Å². The summed E-state index contributed by atoms with van der Waals surface area (Å²) < 4.78 is 11.0. The highest BCUT2D eigenvalue weighted by Gasteiger charge is 2.30. The molecular formula is C23H25N2O3+. The molecule has 1 aliphatic heterocycles. The largest absolute Gasteiger partial charge is 0.496 e. The lowest BCUT2D eigenvalue weighted by Gasteiger charge is -2.31. The summed E-state index contributed by atoms with van der Waals surface area (Å²) in [7, 11) is 1.58. The van der Waals surface area contributed by atoms with Crippen molar-refractivity contribution in [1.29, 1.82) is 0 Å². The number of ether oxygens (including phenoxy) is 1. The predicted octanol–water partition coefficient (Wildman–Crippen LogP) is 2.40. The average molecular weight is 377 g/mol. The van der Waals surface area contributed by atoms with E-state index in [0.29, 0.717) is 17.9 Å². The molecule has 5 nitrogen and oxygen atoms in total. The molecule has 144 valence electrons. The van der Waals surface area contributed by atoms with Crippen molar-refractivity contribution < 1.29 is 18.8 Å². The van der Waals surface area contributed by atoms with Crippen LogP contribution in [0.4, 0.5) is 0 Å². The minimum atomic E-state index is -0.134. The molecule has 0 aliphatic carbocycles. The molecule has 1 aromatic heterocycles. The summed E-state index contributed by atoms with van der Waals surface area (Å²) in [6, 6.07) is 19.8. The smallest absolute Gasteiger partial charge is 0.255 e. The molecule has 1 amide bonds. The van der Waals surface area contributed by atoms with Crippen LogP contribution in [-0.4, -0.2) is 26.1 Å². The van der Waals surface area contributed by atoms with Gasteiger partial charge < -0.3 is 19.4 Å². The second kappa shape index (κ2) is 8.31. The fraction of sp³-hybridized carbons (Fsp3) is 0.261. The van der Waals surface area contributed by atoms with Gasteiger partial charge in [-0.05, 0) is 29.8 Å². The number of carbonyl (C=O) groups excluding carboxylic acids is 1. The number of hydrogen-bond acceptors (Lipinski definition) is 3. The maximum Gasteiger partial charge on any atom is 0.255 e. The molecule has 1 unspecified atom stereocenters. The first kappa shape index (κ1) is 18.3. The van der Waals surface area contributed by atoms with Crippen molar-refractivity contribution >= 4 is 5.91 Å². The van der Waals surface area contributed by atoms with Gasteiger partial charge in [0.05, 0.1) is 32.0 Å². The summed E-state index contributed by atoms with van der Waals surface area (Å²) in [5, 5.41) is 3.08. The van der Waals surface area contributed by atoms with E-state index in [4.69, 9.17) is 9.15 Å². The first-order valence-electron chi connectivity index (χ1n) is 9.62. The average Bonchev–Trinajstić information content (AvgIpc) is 3.28. The van der Waals surface area contributed by atoms with E-state index in [1.807, 2.05) is 24.3 Å². The van der Waals surface area contributed by atoms with Gasteiger partial charge in [-0.2, -0.15) is 0 Å². The highest BCUT2D eigenvalue weighted by molar-refractivity contribution is 5.96. The van der Waals surface area contributed by atoms with E-state index in [2.05, 4.69) is 29.6 Å². The van der Waals surface area contributed by atoms with Crippen molar-refractivity contribution in [2.45, 2.75) is 19.0 Å². The Morgan fingerprint density at radius 2 is 1.89 bits per heavy atom. The Labute approximate surface area is 164 Å². The minimum Gasteiger partial charge on any atom is -0.496 e. The Kier molecular flexibility index (Phi) is 5.44. The number of rotatable bonds is 6. The number of furan rings is 1. The summed E-state index contributed by atoms with van der Waals surface area (Å²) in [5.74, 6) is 1.34. The Bertz CT molecular complexity index is 937. The van der Waals surface area contributed by atoms with Crippen LogP contribution < -0.4 is 15.0 Å². The van der Waals surface area contributed by atoms with Gasteiger partial charge in [-0.15, -0.1) is 0 Å². The monoisotopic (exact) mass is 377 g/mol. The van der Waals surface area contributed by atoms with Crippen molar-refractivity contribution in [2.24, 2.45) is 0 Å². The molecule has 4 rings (SSSR count). The molecule has 5 heteroatoms.